The van der Waals surface area contributed by atoms with Crippen LogP contribution in [0.2, 0.25) is 0 Å². The summed E-state index contributed by atoms with van der Waals surface area (Å²) in [4.78, 5) is 6.69. The zero-order valence-corrected chi connectivity index (χ0v) is 5.92. The van der Waals surface area contributed by atoms with Gasteiger partial charge in [0.15, 0.2) is 0 Å². The summed E-state index contributed by atoms with van der Waals surface area (Å²) in [5, 5.41) is 0. The molecule has 0 atom stereocenters. The van der Waals surface area contributed by atoms with Gasteiger partial charge in [0, 0.05) is 6.61 Å². The standard InChI is InChI=1S/C6H11N3O/c1-2-10-3-5-6(7)9-4-8-5/h4H,2-3,7H2,1H3,(H,8,9). The van der Waals surface area contributed by atoms with E-state index in [0.717, 1.165) is 5.69 Å². The van der Waals surface area contributed by atoms with Crippen LogP contribution in [0.1, 0.15) is 12.6 Å². The van der Waals surface area contributed by atoms with Crippen molar-refractivity contribution in [3.8, 4) is 0 Å². The van der Waals surface area contributed by atoms with Gasteiger partial charge < -0.3 is 15.5 Å². The van der Waals surface area contributed by atoms with Crippen molar-refractivity contribution in [2.24, 2.45) is 0 Å². The van der Waals surface area contributed by atoms with Crippen LogP contribution < -0.4 is 5.73 Å². The molecule has 0 unspecified atom stereocenters. The number of nitrogens with two attached hydrogens (primary N) is 1. The van der Waals surface area contributed by atoms with Crippen LogP contribution in [0, 0.1) is 0 Å². The molecule has 1 rings (SSSR count). The molecule has 1 aromatic heterocycles. The van der Waals surface area contributed by atoms with Gasteiger partial charge in [-0.25, -0.2) is 4.98 Å². The Labute approximate surface area is 59.4 Å². The quantitative estimate of drug-likeness (QED) is 0.645. The average Bonchev–Trinajstić information content (AvgIpc) is 2.31. The molecule has 4 nitrogen and oxygen atoms in total. The summed E-state index contributed by atoms with van der Waals surface area (Å²) in [6.45, 7) is 3.15. The van der Waals surface area contributed by atoms with Gasteiger partial charge in [0.2, 0.25) is 0 Å². The van der Waals surface area contributed by atoms with E-state index in [1.54, 1.807) is 6.33 Å². The van der Waals surface area contributed by atoms with E-state index in [1.165, 1.54) is 0 Å². The van der Waals surface area contributed by atoms with Crippen LogP contribution in [0.4, 0.5) is 5.82 Å². The molecule has 0 radical (unpaired) electrons. The van der Waals surface area contributed by atoms with Gasteiger partial charge in [-0.3, -0.25) is 0 Å². The Bertz CT molecular complexity index is 197. The van der Waals surface area contributed by atoms with E-state index >= 15 is 0 Å². The number of ether oxygens (including phenoxy) is 1. The Morgan fingerprint density at radius 3 is 3.10 bits per heavy atom. The summed E-state index contributed by atoms with van der Waals surface area (Å²) >= 11 is 0. The lowest BCUT2D eigenvalue weighted by Gasteiger charge is -1.97. The number of imidazole rings is 1. The maximum atomic E-state index is 5.46. The number of hydrogen-bond acceptors (Lipinski definition) is 3. The first-order valence-electron chi connectivity index (χ1n) is 3.20. The van der Waals surface area contributed by atoms with Crippen LogP contribution in [-0.2, 0) is 11.3 Å². The number of rotatable bonds is 3. The fourth-order valence-corrected chi connectivity index (χ4v) is 0.651. The van der Waals surface area contributed by atoms with Gasteiger partial charge in [0.1, 0.15) is 5.82 Å². The summed E-state index contributed by atoms with van der Waals surface area (Å²) in [5.41, 5.74) is 6.31. The largest absolute Gasteiger partial charge is 0.382 e. The number of hydrogen-bond donors (Lipinski definition) is 2. The summed E-state index contributed by atoms with van der Waals surface area (Å²) in [5.74, 6) is 0.522. The van der Waals surface area contributed by atoms with E-state index < -0.39 is 0 Å². The molecule has 0 aliphatic carbocycles. The zero-order chi connectivity index (χ0) is 7.40. The fourth-order valence-electron chi connectivity index (χ4n) is 0.651. The monoisotopic (exact) mass is 141 g/mol. The lowest BCUT2D eigenvalue weighted by atomic mass is 10.5. The minimum atomic E-state index is 0.516. The minimum absolute atomic E-state index is 0.516. The Balaban J connectivity index is 2.49. The smallest absolute Gasteiger partial charge is 0.147 e. The van der Waals surface area contributed by atoms with Gasteiger partial charge in [-0.2, -0.15) is 0 Å². The molecule has 1 heterocycles. The van der Waals surface area contributed by atoms with Crippen LogP contribution in [0.5, 0.6) is 0 Å². The maximum Gasteiger partial charge on any atom is 0.147 e. The third kappa shape index (κ3) is 1.48. The second kappa shape index (κ2) is 3.22. The highest BCUT2D eigenvalue weighted by Crippen LogP contribution is 2.04. The van der Waals surface area contributed by atoms with Crippen LogP contribution in [0.25, 0.3) is 0 Å². The first-order valence-corrected chi connectivity index (χ1v) is 3.20. The first-order chi connectivity index (χ1) is 4.84. The van der Waals surface area contributed by atoms with E-state index in [2.05, 4.69) is 9.97 Å². The first kappa shape index (κ1) is 7.08. The molecule has 1 aromatic rings. The predicted octanol–water partition coefficient (Wildman–Crippen LogP) is 0.528. The van der Waals surface area contributed by atoms with Gasteiger partial charge in [0.05, 0.1) is 18.6 Å². The Morgan fingerprint density at radius 1 is 1.80 bits per heavy atom. The van der Waals surface area contributed by atoms with Crippen molar-refractivity contribution < 1.29 is 4.74 Å². The highest BCUT2D eigenvalue weighted by atomic mass is 16.5. The molecule has 10 heavy (non-hydrogen) atoms. The van der Waals surface area contributed by atoms with Crippen molar-refractivity contribution >= 4 is 5.82 Å². The molecule has 0 saturated heterocycles. The van der Waals surface area contributed by atoms with E-state index in [0.29, 0.717) is 19.0 Å². The van der Waals surface area contributed by atoms with Crippen molar-refractivity contribution in [3.05, 3.63) is 12.0 Å². The Morgan fingerprint density at radius 2 is 2.60 bits per heavy atom. The number of H-pyrrole nitrogens is 1. The number of anilines is 1. The van der Waals surface area contributed by atoms with Crippen molar-refractivity contribution in [1.82, 2.24) is 9.97 Å². The lowest BCUT2D eigenvalue weighted by Crippen LogP contribution is -1.96. The second-order valence-corrected chi connectivity index (χ2v) is 1.90. The SMILES string of the molecule is CCOCc1[nH]cnc1N. The van der Waals surface area contributed by atoms with Crippen LogP contribution in [0.15, 0.2) is 6.33 Å². The fraction of sp³-hybridized carbons (Fsp3) is 0.500. The summed E-state index contributed by atoms with van der Waals surface area (Å²) in [6.07, 6.45) is 1.56. The number of aromatic amines is 1. The second-order valence-electron chi connectivity index (χ2n) is 1.90. The number of nitrogens with zero attached hydrogens (tertiary/aromatic N) is 1. The van der Waals surface area contributed by atoms with Gasteiger partial charge in [-0.05, 0) is 6.92 Å². The van der Waals surface area contributed by atoms with Crippen molar-refractivity contribution in [2.45, 2.75) is 13.5 Å². The number of aromatic nitrogens is 2. The third-order valence-electron chi connectivity index (χ3n) is 1.20. The predicted molar refractivity (Wildman–Crippen MR) is 38.3 cm³/mol. The topological polar surface area (TPSA) is 63.9 Å². The van der Waals surface area contributed by atoms with Gasteiger partial charge in [-0.1, -0.05) is 0 Å². The molecule has 0 amide bonds. The third-order valence-corrected chi connectivity index (χ3v) is 1.20. The highest BCUT2D eigenvalue weighted by Gasteiger charge is 1.98. The van der Waals surface area contributed by atoms with Gasteiger partial charge in [-0.15, -0.1) is 0 Å². The molecule has 0 aromatic carbocycles. The molecular weight excluding hydrogens is 130 g/mol. The van der Waals surface area contributed by atoms with Crippen LogP contribution in [0.3, 0.4) is 0 Å². The Kier molecular flexibility index (Phi) is 2.28. The molecule has 3 N–H and O–H groups in total. The highest BCUT2D eigenvalue weighted by molar-refractivity contribution is 5.32. The lowest BCUT2D eigenvalue weighted by molar-refractivity contribution is 0.132. The molecular formula is C6H11N3O. The average molecular weight is 141 g/mol. The van der Waals surface area contributed by atoms with Crippen molar-refractivity contribution in [2.75, 3.05) is 12.3 Å². The molecule has 0 fully saturated rings. The summed E-state index contributed by atoms with van der Waals surface area (Å²) in [7, 11) is 0. The number of nitrogen functional groups attached to an aromatic ring is 1. The molecule has 0 aliphatic rings. The summed E-state index contributed by atoms with van der Waals surface area (Å²) in [6, 6.07) is 0. The molecule has 56 valence electrons. The van der Waals surface area contributed by atoms with Crippen molar-refractivity contribution in [1.29, 1.82) is 0 Å². The van der Waals surface area contributed by atoms with E-state index in [-0.39, 0.29) is 0 Å². The van der Waals surface area contributed by atoms with E-state index in [1.807, 2.05) is 6.92 Å². The molecule has 0 bridgehead atoms. The Hall–Kier alpha value is -1.03. The van der Waals surface area contributed by atoms with Gasteiger partial charge >= 0.3 is 0 Å². The van der Waals surface area contributed by atoms with Gasteiger partial charge in [0.25, 0.3) is 0 Å². The van der Waals surface area contributed by atoms with E-state index in [9.17, 15) is 0 Å². The van der Waals surface area contributed by atoms with E-state index in [4.69, 9.17) is 10.5 Å². The van der Waals surface area contributed by atoms with Crippen LogP contribution >= 0.6 is 0 Å². The zero-order valence-electron chi connectivity index (χ0n) is 5.92. The molecule has 0 saturated carbocycles. The molecule has 0 aliphatic heterocycles. The molecule has 4 heteroatoms. The normalized spacial score (nSPS) is 10.1. The summed E-state index contributed by atoms with van der Waals surface area (Å²) < 4.78 is 5.11. The number of nitrogens with one attached hydrogen (secondary N) is 1. The van der Waals surface area contributed by atoms with Crippen LogP contribution in [-0.4, -0.2) is 16.6 Å². The minimum Gasteiger partial charge on any atom is -0.382 e. The van der Waals surface area contributed by atoms with Crippen molar-refractivity contribution in [3.63, 3.8) is 0 Å². The maximum absolute atomic E-state index is 5.46. The molecule has 0 spiro atoms.